The first kappa shape index (κ1) is 22.3. The van der Waals surface area contributed by atoms with Gasteiger partial charge in [-0.2, -0.15) is 0 Å². The van der Waals surface area contributed by atoms with E-state index < -0.39 is 0 Å². The van der Waals surface area contributed by atoms with Crippen LogP contribution in [0, 0.1) is 0 Å². The Morgan fingerprint density at radius 3 is 2.08 bits per heavy atom. The number of piperazine rings is 2. The summed E-state index contributed by atoms with van der Waals surface area (Å²) < 4.78 is 0. The molecular weight excluding hydrogens is 450 g/mol. The lowest BCUT2D eigenvalue weighted by Crippen LogP contribution is -2.49. The Kier molecular flexibility index (Phi) is 6.07. The molecule has 0 radical (unpaired) electrons. The van der Waals surface area contributed by atoms with Crippen LogP contribution < -0.4 is 14.7 Å². The summed E-state index contributed by atoms with van der Waals surface area (Å²) >= 11 is 0. The van der Waals surface area contributed by atoms with Crippen molar-refractivity contribution in [3.05, 3.63) is 84.8 Å². The maximum atomic E-state index is 13.4. The molecule has 0 aliphatic carbocycles. The summed E-state index contributed by atoms with van der Waals surface area (Å²) in [5.74, 6) is 1.74. The highest BCUT2D eigenvalue weighted by molar-refractivity contribution is 6.01. The number of anilines is 3. The summed E-state index contributed by atoms with van der Waals surface area (Å²) in [5.41, 5.74) is 1.97. The molecule has 0 atom stereocenters. The first-order valence-corrected chi connectivity index (χ1v) is 12.5. The number of rotatable bonds is 4. The van der Waals surface area contributed by atoms with Gasteiger partial charge >= 0.3 is 0 Å². The summed E-state index contributed by atoms with van der Waals surface area (Å²) in [6.07, 6.45) is 5.37. The van der Waals surface area contributed by atoms with E-state index in [4.69, 9.17) is 4.98 Å². The number of amides is 1. The number of benzene rings is 2. The van der Waals surface area contributed by atoms with Crippen molar-refractivity contribution in [2.24, 2.45) is 0 Å². The monoisotopic (exact) mass is 479 g/mol. The molecule has 8 heteroatoms. The van der Waals surface area contributed by atoms with Crippen LogP contribution in [0.2, 0.25) is 0 Å². The minimum Gasteiger partial charge on any atom is -0.368 e. The van der Waals surface area contributed by atoms with Crippen molar-refractivity contribution in [3.8, 4) is 0 Å². The Balaban J connectivity index is 1.17. The lowest BCUT2D eigenvalue weighted by Gasteiger charge is -2.37. The molecule has 4 aromatic rings. The molecule has 4 heterocycles. The summed E-state index contributed by atoms with van der Waals surface area (Å²) in [6, 6.07) is 20.4. The summed E-state index contributed by atoms with van der Waals surface area (Å²) in [4.78, 5) is 35.6. The van der Waals surface area contributed by atoms with E-state index >= 15 is 0 Å². The Hall–Kier alpha value is -4.20. The Labute approximate surface area is 210 Å². The van der Waals surface area contributed by atoms with Gasteiger partial charge in [-0.05, 0) is 41.8 Å². The van der Waals surface area contributed by atoms with Gasteiger partial charge in [0.2, 0.25) is 5.95 Å². The molecule has 2 saturated heterocycles. The molecule has 2 aliphatic rings. The first-order valence-electron chi connectivity index (χ1n) is 12.5. The first-order chi connectivity index (χ1) is 17.8. The van der Waals surface area contributed by atoms with Crippen molar-refractivity contribution in [3.63, 3.8) is 0 Å². The van der Waals surface area contributed by atoms with Gasteiger partial charge in [-0.3, -0.25) is 4.79 Å². The average Bonchev–Trinajstić information content (AvgIpc) is 2.97. The van der Waals surface area contributed by atoms with Gasteiger partial charge in [-0.1, -0.05) is 24.3 Å². The standard InChI is InChI=1S/C28H29N7O/c36-27(34-17-19-35(20-18-34)28-30-10-4-11-31-28)23-8-7-22-9-12-29-26(25(22)21-23)33-15-13-32(14-16-33)24-5-2-1-3-6-24/h1-12,21H,13-20H2. The second kappa shape index (κ2) is 9.81. The molecular formula is C28H29N7O. The third-order valence-corrected chi connectivity index (χ3v) is 7.09. The van der Waals surface area contributed by atoms with Crippen molar-refractivity contribution < 1.29 is 4.79 Å². The van der Waals surface area contributed by atoms with E-state index in [0.29, 0.717) is 18.7 Å². The van der Waals surface area contributed by atoms with E-state index in [1.54, 1.807) is 12.4 Å². The molecule has 2 fully saturated rings. The molecule has 8 nitrogen and oxygen atoms in total. The van der Waals surface area contributed by atoms with Crippen molar-refractivity contribution in [2.75, 3.05) is 67.1 Å². The summed E-state index contributed by atoms with van der Waals surface area (Å²) in [6.45, 7) is 6.41. The van der Waals surface area contributed by atoms with Gasteiger partial charge < -0.3 is 19.6 Å². The van der Waals surface area contributed by atoms with Crippen LogP contribution in [0.1, 0.15) is 10.4 Å². The lowest BCUT2D eigenvalue weighted by molar-refractivity contribution is 0.0746. The second-order valence-electron chi connectivity index (χ2n) is 9.21. The van der Waals surface area contributed by atoms with Gasteiger partial charge in [0.25, 0.3) is 5.91 Å². The van der Waals surface area contributed by atoms with E-state index in [2.05, 4.69) is 55.0 Å². The van der Waals surface area contributed by atoms with E-state index in [0.717, 1.165) is 61.8 Å². The minimum atomic E-state index is 0.0641. The van der Waals surface area contributed by atoms with Crippen LogP contribution in [-0.2, 0) is 0 Å². The molecule has 0 N–H and O–H groups in total. The maximum absolute atomic E-state index is 13.4. The molecule has 6 rings (SSSR count). The number of pyridine rings is 1. The second-order valence-corrected chi connectivity index (χ2v) is 9.21. The van der Waals surface area contributed by atoms with Gasteiger partial charge in [0.05, 0.1) is 0 Å². The molecule has 2 aromatic heterocycles. The molecule has 182 valence electrons. The number of fused-ring (bicyclic) bond motifs is 1. The molecule has 0 saturated carbocycles. The third kappa shape index (κ3) is 4.42. The largest absolute Gasteiger partial charge is 0.368 e. The quantitative estimate of drug-likeness (QED) is 0.445. The zero-order valence-corrected chi connectivity index (χ0v) is 20.2. The normalized spacial score (nSPS) is 16.4. The topological polar surface area (TPSA) is 68.7 Å². The number of carbonyl (C=O) groups excluding carboxylic acids is 1. The van der Waals surface area contributed by atoms with Gasteiger partial charge in [0.15, 0.2) is 0 Å². The Morgan fingerprint density at radius 2 is 1.33 bits per heavy atom. The Bertz CT molecular complexity index is 1330. The van der Waals surface area contributed by atoms with E-state index in [1.807, 2.05) is 41.4 Å². The average molecular weight is 480 g/mol. The van der Waals surface area contributed by atoms with Crippen LogP contribution in [0.5, 0.6) is 0 Å². The number of hydrogen-bond acceptors (Lipinski definition) is 7. The highest BCUT2D eigenvalue weighted by atomic mass is 16.2. The van der Waals surface area contributed by atoms with E-state index in [1.165, 1.54) is 5.69 Å². The zero-order chi connectivity index (χ0) is 24.3. The molecule has 0 unspecified atom stereocenters. The number of aromatic nitrogens is 3. The maximum Gasteiger partial charge on any atom is 0.253 e. The van der Waals surface area contributed by atoms with Crippen LogP contribution >= 0.6 is 0 Å². The number of nitrogens with zero attached hydrogens (tertiary/aromatic N) is 7. The van der Waals surface area contributed by atoms with Crippen LogP contribution in [-0.4, -0.2) is 78.1 Å². The van der Waals surface area contributed by atoms with Crippen LogP contribution in [0.3, 0.4) is 0 Å². The number of para-hydroxylation sites is 1. The fourth-order valence-corrected chi connectivity index (χ4v) is 5.10. The Morgan fingerprint density at radius 1 is 0.639 bits per heavy atom. The molecule has 0 spiro atoms. The third-order valence-electron chi connectivity index (χ3n) is 7.09. The number of hydrogen-bond donors (Lipinski definition) is 0. The fraction of sp³-hybridized carbons (Fsp3) is 0.286. The highest BCUT2D eigenvalue weighted by Gasteiger charge is 2.25. The lowest BCUT2D eigenvalue weighted by atomic mass is 10.1. The van der Waals surface area contributed by atoms with Crippen molar-refractivity contribution in [1.29, 1.82) is 0 Å². The summed E-state index contributed by atoms with van der Waals surface area (Å²) in [7, 11) is 0. The van der Waals surface area contributed by atoms with Gasteiger partial charge in [0, 0.05) is 87.6 Å². The molecule has 1 amide bonds. The van der Waals surface area contributed by atoms with Crippen molar-refractivity contribution in [2.45, 2.75) is 0 Å². The van der Waals surface area contributed by atoms with E-state index in [9.17, 15) is 4.79 Å². The predicted octanol–water partition coefficient (Wildman–Crippen LogP) is 3.31. The summed E-state index contributed by atoms with van der Waals surface area (Å²) in [5, 5.41) is 2.14. The predicted molar refractivity (Wildman–Crippen MR) is 143 cm³/mol. The van der Waals surface area contributed by atoms with Gasteiger partial charge in [0.1, 0.15) is 5.82 Å². The van der Waals surface area contributed by atoms with E-state index in [-0.39, 0.29) is 5.91 Å². The fourth-order valence-electron chi connectivity index (χ4n) is 5.10. The smallest absolute Gasteiger partial charge is 0.253 e. The molecule has 2 aromatic carbocycles. The van der Waals surface area contributed by atoms with Crippen LogP contribution in [0.4, 0.5) is 17.5 Å². The highest BCUT2D eigenvalue weighted by Crippen LogP contribution is 2.28. The zero-order valence-electron chi connectivity index (χ0n) is 20.2. The minimum absolute atomic E-state index is 0.0641. The van der Waals surface area contributed by atoms with Crippen molar-refractivity contribution >= 4 is 34.1 Å². The molecule has 0 bridgehead atoms. The number of carbonyl (C=O) groups is 1. The van der Waals surface area contributed by atoms with Crippen molar-refractivity contribution in [1.82, 2.24) is 19.9 Å². The van der Waals surface area contributed by atoms with Crippen LogP contribution in [0.15, 0.2) is 79.3 Å². The van der Waals surface area contributed by atoms with Gasteiger partial charge in [-0.25, -0.2) is 15.0 Å². The SMILES string of the molecule is O=C(c1ccc2ccnc(N3CCN(c4ccccc4)CC3)c2c1)N1CCN(c2ncccn2)CC1. The molecule has 36 heavy (non-hydrogen) atoms. The van der Waals surface area contributed by atoms with Gasteiger partial charge in [-0.15, -0.1) is 0 Å². The van der Waals surface area contributed by atoms with Crippen LogP contribution in [0.25, 0.3) is 10.8 Å². The molecule has 2 aliphatic heterocycles.